The first kappa shape index (κ1) is 29.8. The average Bonchev–Trinajstić information content (AvgIpc) is 3.70. The second-order valence-electron chi connectivity index (χ2n) is 11.7. The van der Waals surface area contributed by atoms with Crippen molar-refractivity contribution in [2.24, 2.45) is 0 Å². The number of thioether (sulfide) groups is 1. The highest BCUT2D eigenvalue weighted by molar-refractivity contribution is 7.98. The lowest BCUT2D eigenvalue weighted by Gasteiger charge is -2.33. The van der Waals surface area contributed by atoms with Gasteiger partial charge >= 0.3 is 0 Å². The molecule has 0 atom stereocenters. The number of furan rings is 1. The van der Waals surface area contributed by atoms with Crippen molar-refractivity contribution < 1.29 is 9.21 Å². The van der Waals surface area contributed by atoms with Crippen LogP contribution in [-0.4, -0.2) is 58.0 Å². The fraction of sp³-hybridized carbons (Fsp3) is 0.306. The highest BCUT2D eigenvalue weighted by atomic mass is 32.2. The third kappa shape index (κ3) is 6.30. The van der Waals surface area contributed by atoms with E-state index in [1.54, 1.807) is 22.0 Å². The number of piperazine rings is 1. The van der Waals surface area contributed by atoms with Crippen LogP contribution in [0.2, 0.25) is 0 Å². The van der Waals surface area contributed by atoms with Crippen LogP contribution in [0.25, 0.3) is 22.0 Å². The van der Waals surface area contributed by atoms with Crippen molar-refractivity contribution in [1.29, 1.82) is 0 Å². The number of thiophene rings is 1. The topological polar surface area (TPSA) is 71.6 Å². The van der Waals surface area contributed by atoms with E-state index in [0.717, 1.165) is 66.8 Å². The second kappa shape index (κ2) is 13.2. The lowest BCUT2D eigenvalue weighted by molar-refractivity contribution is 0.0617. The Morgan fingerprint density at radius 2 is 1.76 bits per heavy atom. The van der Waals surface area contributed by atoms with Gasteiger partial charge < -0.3 is 9.32 Å². The number of carbonyl (C=O) groups excluding carboxylic acids is 1. The van der Waals surface area contributed by atoms with E-state index in [1.165, 1.54) is 27.8 Å². The molecule has 1 saturated heterocycles. The van der Waals surface area contributed by atoms with Crippen LogP contribution in [0.3, 0.4) is 0 Å². The summed E-state index contributed by atoms with van der Waals surface area (Å²) in [5.41, 5.74) is 4.25. The lowest BCUT2D eigenvalue weighted by Crippen LogP contribution is -2.48. The fourth-order valence-electron chi connectivity index (χ4n) is 6.21. The van der Waals surface area contributed by atoms with Gasteiger partial charge in [-0.25, -0.2) is 4.98 Å². The minimum Gasteiger partial charge on any atom is -0.455 e. The Labute approximate surface area is 271 Å². The van der Waals surface area contributed by atoms with Crippen molar-refractivity contribution >= 4 is 45.3 Å². The molecule has 0 spiro atoms. The SMILES string of the molecule is Cc1ccccc1-n1c(SCc2ccc(C(=O)N3CCN(C/C=C/c4ccccc4)CC3)o2)nc2sc3c(c2c1=O)CCCC3. The molecule has 4 heterocycles. The maximum absolute atomic E-state index is 14.1. The van der Waals surface area contributed by atoms with Crippen LogP contribution >= 0.6 is 23.1 Å². The van der Waals surface area contributed by atoms with E-state index < -0.39 is 0 Å². The number of benzene rings is 2. The summed E-state index contributed by atoms with van der Waals surface area (Å²) in [4.78, 5) is 38.8. The molecule has 1 aliphatic heterocycles. The molecule has 230 valence electrons. The zero-order valence-corrected chi connectivity index (χ0v) is 27.0. The third-order valence-corrected chi connectivity index (χ3v) is 10.8. The Hall–Kier alpha value is -3.92. The molecule has 0 radical (unpaired) electrons. The zero-order chi connectivity index (χ0) is 30.8. The molecule has 0 unspecified atom stereocenters. The number of amides is 1. The standard InChI is InChI=1S/C36H36N4O3S2/c1-25-10-5-7-15-29(25)40-35(42)32-28-14-6-8-16-31(28)45-33(32)37-36(40)44-24-27-17-18-30(43-27)34(41)39-22-20-38(21-23-39)19-9-13-26-11-3-2-4-12-26/h2-5,7,9-13,15,17-18H,6,8,14,16,19-24H2,1H3/b13-9+. The van der Waals surface area contributed by atoms with E-state index >= 15 is 0 Å². The van der Waals surface area contributed by atoms with Crippen molar-refractivity contribution in [3.8, 4) is 5.69 Å². The van der Waals surface area contributed by atoms with Crippen molar-refractivity contribution in [2.45, 2.75) is 43.5 Å². The molecular weight excluding hydrogens is 601 g/mol. The number of fused-ring (bicyclic) bond motifs is 3. The predicted octanol–water partition coefficient (Wildman–Crippen LogP) is 6.99. The molecule has 2 aliphatic rings. The average molecular weight is 637 g/mol. The molecule has 1 aliphatic carbocycles. The Morgan fingerprint density at radius 3 is 2.58 bits per heavy atom. The normalized spacial score (nSPS) is 15.6. The van der Waals surface area contributed by atoms with Gasteiger partial charge in [-0.2, -0.15) is 0 Å². The molecule has 5 aromatic rings. The highest BCUT2D eigenvalue weighted by Crippen LogP contribution is 2.36. The molecule has 1 fully saturated rings. The van der Waals surface area contributed by atoms with Gasteiger partial charge in [-0.15, -0.1) is 11.3 Å². The summed E-state index contributed by atoms with van der Waals surface area (Å²) in [6, 6.07) is 21.9. The molecule has 7 rings (SSSR count). The number of carbonyl (C=O) groups is 1. The number of para-hydroxylation sites is 1. The summed E-state index contributed by atoms with van der Waals surface area (Å²) in [5, 5.41) is 1.42. The van der Waals surface area contributed by atoms with Gasteiger partial charge in [0.1, 0.15) is 10.6 Å². The number of hydrogen-bond acceptors (Lipinski definition) is 7. The summed E-state index contributed by atoms with van der Waals surface area (Å²) >= 11 is 3.14. The van der Waals surface area contributed by atoms with Crippen LogP contribution in [0.4, 0.5) is 0 Å². The summed E-state index contributed by atoms with van der Waals surface area (Å²) < 4.78 is 7.84. The van der Waals surface area contributed by atoms with E-state index in [2.05, 4.69) is 29.2 Å². The van der Waals surface area contributed by atoms with Crippen LogP contribution in [0, 0.1) is 6.92 Å². The molecule has 3 aromatic heterocycles. The van der Waals surface area contributed by atoms with Gasteiger partial charge in [0, 0.05) is 37.6 Å². The van der Waals surface area contributed by atoms with Gasteiger partial charge in [0.05, 0.1) is 16.8 Å². The molecule has 0 bridgehead atoms. The van der Waals surface area contributed by atoms with Gasteiger partial charge in [0.15, 0.2) is 10.9 Å². The van der Waals surface area contributed by atoms with E-state index in [1.807, 2.05) is 60.4 Å². The number of aryl methyl sites for hydroxylation is 3. The van der Waals surface area contributed by atoms with Crippen LogP contribution in [-0.2, 0) is 18.6 Å². The molecule has 9 heteroatoms. The van der Waals surface area contributed by atoms with Crippen molar-refractivity contribution in [1.82, 2.24) is 19.4 Å². The van der Waals surface area contributed by atoms with Gasteiger partial charge in [0.25, 0.3) is 11.5 Å². The van der Waals surface area contributed by atoms with Crippen LogP contribution in [0.5, 0.6) is 0 Å². The molecule has 2 aromatic carbocycles. The van der Waals surface area contributed by atoms with Gasteiger partial charge in [-0.05, 0) is 67.5 Å². The van der Waals surface area contributed by atoms with Crippen molar-refractivity contribution in [3.05, 3.63) is 116 Å². The van der Waals surface area contributed by atoms with Gasteiger partial charge in [0.2, 0.25) is 0 Å². The quantitative estimate of drug-likeness (QED) is 0.135. The molecule has 45 heavy (non-hydrogen) atoms. The fourth-order valence-corrected chi connectivity index (χ4v) is 8.41. The highest BCUT2D eigenvalue weighted by Gasteiger charge is 2.26. The third-order valence-electron chi connectivity index (χ3n) is 8.66. The Kier molecular flexibility index (Phi) is 8.74. The van der Waals surface area contributed by atoms with E-state index in [9.17, 15) is 9.59 Å². The molecule has 1 amide bonds. The molecule has 0 N–H and O–H groups in total. The van der Waals surface area contributed by atoms with E-state index in [-0.39, 0.29) is 11.5 Å². The van der Waals surface area contributed by atoms with E-state index in [4.69, 9.17) is 9.40 Å². The molecule has 0 saturated carbocycles. The maximum Gasteiger partial charge on any atom is 0.289 e. The first-order valence-electron chi connectivity index (χ1n) is 15.6. The molecular formula is C36H36N4O3S2. The smallest absolute Gasteiger partial charge is 0.289 e. The second-order valence-corrected chi connectivity index (χ2v) is 13.7. The van der Waals surface area contributed by atoms with Crippen LogP contribution in [0.15, 0.2) is 87.2 Å². The van der Waals surface area contributed by atoms with Gasteiger partial charge in [-0.3, -0.25) is 19.1 Å². The lowest BCUT2D eigenvalue weighted by atomic mass is 9.97. The monoisotopic (exact) mass is 636 g/mol. The van der Waals surface area contributed by atoms with Crippen LogP contribution in [0.1, 0.15) is 50.7 Å². The number of hydrogen-bond donors (Lipinski definition) is 0. The molecule has 7 nitrogen and oxygen atoms in total. The van der Waals surface area contributed by atoms with Crippen molar-refractivity contribution in [3.63, 3.8) is 0 Å². The number of aromatic nitrogens is 2. The summed E-state index contributed by atoms with van der Waals surface area (Å²) in [7, 11) is 0. The van der Waals surface area contributed by atoms with Crippen molar-refractivity contribution in [2.75, 3.05) is 32.7 Å². The Morgan fingerprint density at radius 1 is 0.978 bits per heavy atom. The minimum absolute atomic E-state index is 0.00112. The largest absolute Gasteiger partial charge is 0.455 e. The first-order valence-corrected chi connectivity index (χ1v) is 17.4. The van der Waals surface area contributed by atoms with E-state index in [0.29, 0.717) is 35.5 Å². The number of nitrogens with zero attached hydrogens (tertiary/aromatic N) is 4. The first-order chi connectivity index (χ1) is 22.0. The summed E-state index contributed by atoms with van der Waals surface area (Å²) in [6.07, 6.45) is 8.56. The predicted molar refractivity (Wildman–Crippen MR) is 183 cm³/mol. The van der Waals surface area contributed by atoms with Crippen LogP contribution < -0.4 is 5.56 Å². The Bertz CT molecular complexity index is 1920. The minimum atomic E-state index is -0.0775. The summed E-state index contributed by atoms with van der Waals surface area (Å²) in [5.74, 6) is 1.42. The maximum atomic E-state index is 14.1. The summed E-state index contributed by atoms with van der Waals surface area (Å²) in [6.45, 7) is 5.87. The zero-order valence-electron chi connectivity index (χ0n) is 25.4. The number of rotatable bonds is 8. The van der Waals surface area contributed by atoms with Gasteiger partial charge in [-0.1, -0.05) is 72.4 Å². The Balaban J connectivity index is 1.04.